The number of nitriles is 1. The standard InChI is InChI=1S/C17H23N3/c18-11-10-16(14-6-2-1-3-7-14)20-13-5-9-17(20)15-8-4-12-19-15/h1-3,6-7,15-17,19H,4-5,8-10,12-13H2. The first-order valence-corrected chi connectivity index (χ1v) is 7.81. The number of rotatable bonds is 4. The lowest BCUT2D eigenvalue weighted by Gasteiger charge is -2.35. The lowest BCUT2D eigenvalue weighted by molar-refractivity contribution is 0.154. The van der Waals surface area contributed by atoms with Crippen LogP contribution in [-0.4, -0.2) is 30.1 Å². The van der Waals surface area contributed by atoms with Gasteiger partial charge < -0.3 is 5.32 Å². The number of hydrogen-bond acceptors (Lipinski definition) is 3. The van der Waals surface area contributed by atoms with Gasteiger partial charge in [0.1, 0.15) is 0 Å². The first-order chi connectivity index (χ1) is 9.90. The molecule has 3 rings (SSSR count). The van der Waals surface area contributed by atoms with Crippen LogP contribution in [0.1, 0.15) is 43.7 Å². The zero-order valence-corrected chi connectivity index (χ0v) is 12.0. The van der Waals surface area contributed by atoms with Crippen LogP contribution < -0.4 is 5.32 Å². The van der Waals surface area contributed by atoms with E-state index in [0.29, 0.717) is 18.5 Å². The minimum Gasteiger partial charge on any atom is -0.312 e. The molecule has 2 fully saturated rings. The van der Waals surface area contributed by atoms with Gasteiger partial charge in [-0.05, 0) is 44.3 Å². The van der Waals surface area contributed by atoms with E-state index in [2.05, 4.69) is 40.6 Å². The second-order valence-corrected chi connectivity index (χ2v) is 5.94. The van der Waals surface area contributed by atoms with Crippen molar-refractivity contribution in [2.75, 3.05) is 13.1 Å². The van der Waals surface area contributed by atoms with Gasteiger partial charge in [-0.2, -0.15) is 5.26 Å². The van der Waals surface area contributed by atoms with Crippen LogP contribution in [-0.2, 0) is 0 Å². The molecule has 2 aliphatic rings. The Morgan fingerprint density at radius 2 is 2.10 bits per heavy atom. The molecule has 3 heteroatoms. The Labute approximate surface area is 121 Å². The van der Waals surface area contributed by atoms with Gasteiger partial charge >= 0.3 is 0 Å². The van der Waals surface area contributed by atoms with Gasteiger partial charge in [0.15, 0.2) is 0 Å². The van der Waals surface area contributed by atoms with Gasteiger partial charge in [-0.15, -0.1) is 0 Å². The second kappa shape index (κ2) is 6.39. The molecule has 106 valence electrons. The molecule has 3 atom stereocenters. The Hall–Kier alpha value is -1.37. The van der Waals surface area contributed by atoms with E-state index < -0.39 is 0 Å². The predicted octanol–water partition coefficient (Wildman–Crippen LogP) is 2.86. The zero-order chi connectivity index (χ0) is 13.8. The molecule has 1 aromatic carbocycles. The van der Waals surface area contributed by atoms with Crippen molar-refractivity contribution in [3.63, 3.8) is 0 Å². The smallest absolute Gasteiger partial charge is 0.0641 e. The molecule has 2 heterocycles. The molecule has 2 aliphatic heterocycles. The molecule has 0 bridgehead atoms. The van der Waals surface area contributed by atoms with Crippen molar-refractivity contribution >= 4 is 0 Å². The lowest BCUT2D eigenvalue weighted by Crippen LogP contribution is -2.45. The largest absolute Gasteiger partial charge is 0.312 e. The van der Waals surface area contributed by atoms with Crippen molar-refractivity contribution in [2.45, 2.75) is 50.2 Å². The van der Waals surface area contributed by atoms with E-state index in [-0.39, 0.29) is 6.04 Å². The summed E-state index contributed by atoms with van der Waals surface area (Å²) in [7, 11) is 0. The summed E-state index contributed by atoms with van der Waals surface area (Å²) in [5.41, 5.74) is 1.29. The van der Waals surface area contributed by atoms with E-state index in [4.69, 9.17) is 0 Å². The highest BCUT2D eigenvalue weighted by Gasteiger charge is 2.37. The molecule has 2 saturated heterocycles. The molecule has 20 heavy (non-hydrogen) atoms. The second-order valence-electron chi connectivity index (χ2n) is 5.94. The minimum absolute atomic E-state index is 0.260. The maximum Gasteiger partial charge on any atom is 0.0641 e. The van der Waals surface area contributed by atoms with Crippen LogP contribution in [0.2, 0.25) is 0 Å². The van der Waals surface area contributed by atoms with Crippen molar-refractivity contribution in [1.82, 2.24) is 10.2 Å². The molecule has 0 aromatic heterocycles. The number of benzene rings is 1. The molecule has 3 unspecified atom stereocenters. The van der Waals surface area contributed by atoms with E-state index >= 15 is 0 Å². The number of nitrogens with one attached hydrogen (secondary N) is 1. The maximum absolute atomic E-state index is 9.22. The molecular formula is C17H23N3. The van der Waals surface area contributed by atoms with Crippen LogP contribution in [0.25, 0.3) is 0 Å². The Kier molecular flexibility index (Phi) is 4.34. The predicted molar refractivity (Wildman–Crippen MR) is 80.2 cm³/mol. The number of nitrogens with zero attached hydrogens (tertiary/aromatic N) is 2. The Bertz CT molecular complexity index is 459. The van der Waals surface area contributed by atoms with Gasteiger partial charge in [0.2, 0.25) is 0 Å². The first-order valence-electron chi connectivity index (χ1n) is 7.81. The summed E-state index contributed by atoms with van der Waals surface area (Å²) in [6.07, 6.45) is 5.70. The van der Waals surface area contributed by atoms with Gasteiger partial charge in [-0.25, -0.2) is 0 Å². The third-order valence-electron chi connectivity index (χ3n) is 4.77. The quantitative estimate of drug-likeness (QED) is 0.913. The van der Waals surface area contributed by atoms with Crippen LogP contribution >= 0.6 is 0 Å². The highest BCUT2D eigenvalue weighted by molar-refractivity contribution is 5.21. The Morgan fingerprint density at radius 3 is 2.80 bits per heavy atom. The summed E-state index contributed by atoms with van der Waals surface area (Å²) in [5.74, 6) is 0. The third kappa shape index (κ3) is 2.72. The SMILES string of the molecule is N#CCC(c1ccccc1)N1CCCC1C1CCCN1. The minimum atomic E-state index is 0.260. The lowest BCUT2D eigenvalue weighted by atomic mass is 9.98. The van der Waals surface area contributed by atoms with Crippen LogP contribution in [0, 0.1) is 11.3 Å². The van der Waals surface area contributed by atoms with Crippen molar-refractivity contribution in [1.29, 1.82) is 5.26 Å². The summed E-state index contributed by atoms with van der Waals surface area (Å²) in [5, 5.41) is 12.9. The summed E-state index contributed by atoms with van der Waals surface area (Å²) in [6.45, 7) is 2.29. The Balaban J connectivity index is 1.81. The first kappa shape index (κ1) is 13.6. The van der Waals surface area contributed by atoms with Crippen molar-refractivity contribution < 1.29 is 0 Å². The fourth-order valence-electron chi connectivity index (χ4n) is 3.86. The molecular weight excluding hydrogens is 246 g/mol. The number of likely N-dealkylation sites (tertiary alicyclic amines) is 1. The topological polar surface area (TPSA) is 39.1 Å². The monoisotopic (exact) mass is 269 g/mol. The third-order valence-corrected chi connectivity index (χ3v) is 4.77. The molecule has 0 spiro atoms. The average Bonchev–Trinajstić information content (AvgIpc) is 3.16. The van der Waals surface area contributed by atoms with Crippen molar-refractivity contribution in [3.05, 3.63) is 35.9 Å². The maximum atomic E-state index is 9.22. The van der Waals surface area contributed by atoms with Gasteiger partial charge in [-0.1, -0.05) is 30.3 Å². The van der Waals surface area contributed by atoms with E-state index in [1.54, 1.807) is 0 Å². The van der Waals surface area contributed by atoms with E-state index in [9.17, 15) is 5.26 Å². The highest BCUT2D eigenvalue weighted by atomic mass is 15.2. The van der Waals surface area contributed by atoms with E-state index in [1.165, 1.54) is 31.2 Å². The molecule has 0 aliphatic carbocycles. The van der Waals surface area contributed by atoms with Crippen LogP contribution in [0.5, 0.6) is 0 Å². The van der Waals surface area contributed by atoms with Crippen LogP contribution in [0.15, 0.2) is 30.3 Å². The van der Waals surface area contributed by atoms with Crippen LogP contribution in [0.3, 0.4) is 0 Å². The fourth-order valence-corrected chi connectivity index (χ4v) is 3.86. The molecule has 0 radical (unpaired) electrons. The van der Waals surface area contributed by atoms with Crippen molar-refractivity contribution in [3.8, 4) is 6.07 Å². The summed E-state index contributed by atoms with van der Waals surface area (Å²) >= 11 is 0. The van der Waals surface area contributed by atoms with Crippen LogP contribution in [0.4, 0.5) is 0 Å². The van der Waals surface area contributed by atoms with E-state index in [1.807, 2.05) is 6.07 Å². The number of hydrogen-bond donors (Lipinski definition) is 1. The fraction of sp³-hybridized carbons (Fsp3) is 0.588. The van der Waals surface area contributed by atoms with Gasteiger partial charge in [0.05, 0.1) is 12.5 Å². The summed E-state index contributed by atoms with van der Waals surface area (Å²) < 4.78 is 0. The highest BCUT2D eigenvalue weighted by Crippen LogP contribution is 2.34. The van der Waals surface area contributed by atoms with E-state index in [0.717, 1.165) is 13.1 Å². The van der Waals surface area contributed by atoms with Crippen molar-refractivity contribution in [2.24, 2.45) is 0 Å². The normalized spacial score (nSPS) is 28.4. The Morgan fingerprint density at radius 1 is 1.25 bits per heavy atom. The molecule has 0 saturated carbocycles. The summed E-state index contributed by atoms with van der Waals surface area (Å²) in [6, 6.07) is 14.4. The average molecular weight is 269 g/mol. The van der Waals surface area contributed by atoms with Gasteiger partial charge in [0.25, 0.3) is 0 Å². The van der Waals surface area contributed by atoms with Gasteiger partial charge in [0, 0.05) is 18.1 Å². The molecule has 0 amide bonds. The zero-order valence-electron chi connectivity index (χ0n) is 12.0. The molecule has 3 nitrogen and oxygen atoms in total. The molecule has 1 aromatic rings. The van der Waals surface area contributed by atoms with Gasteiger partial charge in [-0.3, -0.25) is 4.90 Å². The summed E-state index contributed by atoms with van der Waals surface area (Å²) in [4.78, 5) is 2.58. The molecule has 1 N–H and O–H groups in total.